The summed E-state index contributed by atoms with van der Waals surface area (Å²) in [6.07, 6.45) is 2.17. The lowest BCUT2D eigenvalue weighted by Crippen LogP contribution is -1.94. The maximum absolute atomic E-state index is 8.48. The summed E-state index contributed by atoms with van der Waals surface area (Å²) in [5.74, 6) is 0. The SMILES string of the molecule is C=CCC(C)O.CN. The molecule has 0 rings (SSSR count). The lowest BCUT2D eigenvalue weighted by molar-refractivity contribution is 0.198. The average Bonchev–Trinajstić information content (AvgIpc) is 1.72. The van der Waals surface area contributed by atoms with Crippen molar-refractivity contribution in [3.05, 3.63) is 12.7 Å². The van der Waals surface area contributed by atoms with E-state index in [9.17, 15) is 0 Å². The maximum Gasteiger partial charge on any atom is 0.0546 e. The highest BCUT2D eigenvalue weighted by Crippen LogP contribution is 1.85. The van der Waals surface area contributed by atoms with Crippen LogP contribution in [0.3, 0.4) is 0 Å². The third-order valence-electron chi connectivity index (χ3n) is 0.508. The molecular formula is C6H15NO. The fourth-order valence-corrected chi connectivity index (χ4v) is 0.241. The Kier molecular flexibility index (Phi) is 13.0. The first-order valence-electron chi connectivity index (χ1n) is 2.64. The molecule has 2 heteroatoms. The fraction of sp³-hybridized carbons (Fsp3) is 0.667. The van der Waals surface area contributed by atoms with Crippen LogP contribution in [0.5, 0.6) is 0 Å². The molecule has 0 radical (unpaired) electrons. The van der Waals surface area contributed by atoms with Crippen LogP contribution < -0.4 is 5.73 Å². The van der Waals surface area contributed by atoms with Crippen LogP contribution in [0.4, 0.5) is 0 Å². The van der Waals surface area contributed by atoms with Gasteiger partial charge in [-0.05, 0) is 20.4 Å². The first kappa shape index (κ1) is 10.6. The second-order valence-electron chi connectivity index (χ2n) is 1.37. The highest BCUT2D eigenvalue weighted by Gasteiger charge is 1.84. The van der Waals surface area contributed by atoms with Crippen LogP contribution in [0.1, 0.15) is 13.3 Å². The Morgan fingerprint density at radius 3 is 2.12 bits per heavy atom. The summed E-state index contributed by atoms with van der Waals surface area (Å²) in [4.78, 5) is 0. The minimum atomic E-state index is -0.220. The van der Waals surface area contributed by atoms with Crippen molar-refractivity contribution in [1.82, 2.24) is 0 Å². The van der Waals surface area contributed by atoms with E-state index in [2.05, 4.69) is 12.3 Å². The minimum Gasteiger partial charge on any atom is -0.393 e. The van der Waals surface area contributed by atoms with Crippen molar-refractivity contribution in [2.75, 3.05) is 7.05 Å². The molecule has 0 spiro atoms. The van der Waals surface area contributed by atoms with E-state index in [0.717, 1.165) is 0 Å². The van der Waals surface area contributed by atoms with Gasteiger partial charge in [-0.15, -0.1) is 6.58 Å². The largest absolute Gasteiger partial charge is 0.393 e. The van der Waals surface area contributed by atoms with Gasteiger partial charge in [-0.3, -0.25) is 0 Å². The smallest absolute Gasteiger partial charge is 0.0546 e. The average molecular weight is 117 g/mol. The van der Waals surface area contributed by atoms with Gasteiger partial charge in [0, 0.05) is 0 Å². The van der Waals surface area contributed by atoms with Crippen LogP contribution in [0.2, 0.25) is 0 Å². The quantitative estimate of drug-likeness (QED) is 0.518. The summed E-state index contributed by atoms with van der Waals surface area (Å²) in [7, 11) is 1.50. The third kappa shape index (κ3) is 17.4. The standard InChI is InChI=1S/C5H10O.CH5N/c1-3-4-5(2)6;1-2/h3,5-6H,1,4H2,2H3;2H2,1H3. The van der Waals surface area contributed by atoms with Crippen LogP contribution in [0.15, 0.2) is 12.7 Å². The zero-order valence-electron chi connectivity index (χ0n) is 5.59. The highest BCUT2D eigenvalue weighted by atomic mass is 16.3. The van der Waals surface area contributed by atoms with Crippen molar-refractivity contribution >= 4 is 0 Å². The van der Waals surface area contributed by atoms with Crippen LogP contribution in [0.25, 0.3) is 0 Å². The van der Waals surface area contributed by atoms with Crippen molar-refractivity contribution < 1.29 is 5.11 Å². The minimum absolute atomic E-state index is 0.220. The zero-order chi connectivity index (χ0) is 6.99. The number of hydrogen-bond acceptors (Lipinski definition) is 2. The summed E-state index contributed by atoms with van der Waals surface area (Å²) in [5.41, 5.74) is 4.50. The van der Waals surface area contributed by atoms with Gasteiger partial charge in [0.15, 0.2) is 0 Å². The van der Waals surface area contributed by atoms with Gasteiger partial charge in [0.25, 0.3) is 0 Å². The van der Waals surface area contributed by atoms with Crippen LogP contribution in [-0.4, -0.2) is 18.3 Å². The molecule has 0 aliphatic heterocycles. The topological polar surface area (TPSA) is 46.2 Å². The van der Waals surface area contributed by atoms with Crippen LogP contribution in [0, 0.1) is 0 Å². The summed E-state index contributed by atoms with van der Waals surface area (Å²) in [6, 6.07) is 0. The number of nitrogens with two attached hydrogens (primary N) is 1. The lowest BCUT2D eigenvalue weighted by Gasteiger charge is -1.92. The molecule has 0 amide bonds. The van der Waals surface area contributed by atoms with E-state index in [-0.39, 0.29) is 6.10 Å². The number of hydrogen-bond donors (Lipinski definition) is 2. The van der Waals surface area contributed by atoms with Gasteiger partial charge < -0.3 is 10.8 Å². The Labute approximate surface area is 51.0 Å². The Bertz CT molecular complexity index is 43.8. The molecule has 0 saturated heterocycles. The highest BCUT2D eigenvalue weighted by molar-refractivity contribution is 4.68. The van der Waals surface area contributed by atoms with Gasteiger partial charge in [-0.25, -0.2) is 0 Å². The van der Waals surface area contributed by atoms with E-state index >= 15 is 0 Å². The van der Waals surface area contributed by atoms with Crippen LogP contribution >= 0.6 is 0 Å². The monoisotopic (exact) mass is 117 g/mol. The van der Waals surface area contributed by atoms with Crippen molar-refractivity contribution in [1.29, 1.82) is 0 Å². The van der Waals surface area contributed by atoms with E-state index in [1.54, 1.807) is 13.0 Å². The molecule has 50 valence electrons. The van der Waals surface area contributed by atoms with Crippen LogP contribution in [-0.2, 0) is 0 Å². The number of rotatable bonds is 2. The second-order valence-corrected chi connectivity index (χ2v) is 1.37. The molecule has 2 nitrogen and oxygen atoms in total. The maximum atomic E-state index is 8.48. The molecular weight excluding hydrogens is 102 g/mol. The molecule has 0 heterocycles. The molecule has 8 heavy (non-hydrogen) atoms. The summed E-state index contributed by atoms with van der Waals surface area (Å²) < 4.78 is 0. The molecule has 0 aliphatic carbocycles. The summed E-state index contributed by atoms with van der Waals surface area (Å²) in [5, 5.41) is 8.48. The molecule has 0 bridgehead atoms. The molecule has 0 aliphatic rings. The van der Waals surface area contributed by atoms with Gasteiger partial charge in [0.1, 0.15) is 0 Å². The van der Waals surface area contributed by atoms with E-state index in [4.69, 9.17) is 5.11 Å². The van der Waals surface area contributed by atoms with E-state index in [1.807, 2.05) is 0 Å². The molecule has 0 aromatic heterocycles. The first-order valence-corrected chi connectivity index (χ1v) is 2.64. The van der Waals surface area contributed by atoms with Gasteiger partial charge >= 0.3 is 0 Å². The van der Waals surface area contributed by atoms with Crippen molar-refractivity contribution in [2.24, 2.45) is 5.73 Å². The van der Waals surface area contributed by atoms with Crippen molar-refractivity contribution in [3.8, 4) is 0 Å². The van der Waals surface area contributed by atoms with Gasteiger partial charge in [0.2, 0.25) is 0 Å². The van der Waals surface area contributed by atoms with E-state index < -0.39 is 0 Å². The van der Waals surface area contributed by atoms with E-state index in [0.29, 0.717) is 6.42 Å². The molecule has 3 N–H and O–H groups in total. The number of aliphatic hydroxyl groups excluding tert-OH is 1. The fourth-order valence-electron chi connectivity index (χ4n) is 0.241. The zero-order valence-corrected chi connectivity index (χ0v) is 5.59. The van der Waals surface area contributed by atoms with E-state index in [1.165, 1.54) is 7.05 Å². The normalized spacial score (nSPS) is 11.0. The lowest BCUT2D eigenvalue weighted by atomic mass is 10.3. The molecule has 0 aromatic rings. The van der Waals surface area contributed by atoms with Crippen molar-refractivity contribution in [2.45, 2.75) is 19.4 Å². The molecule has 1 atom stereocenters. The summed E-state index contributed by atoms with van der Waals surface area (Å²) in [6.45, 7) is 5.18. The predicted octanol–water partition coefficient (Wildman–Crippen LogP) is 0.518. The van der Waals surface area contributed by atoms with Gasteiger partial charge in [0.05, 0.1) is 6.10 Å². The predicted molar refractivity (Wildman–Crippen MR) is 36.6 cm³/mol. The second kappa shape index (κ2) is 9.83. The third-order valence-corrected chi connectivity index (χ3v) is 0.508. The van der Waals surface area contributed by atoms with Gasteiger partial charge in [-0.1, -0.05) is 6.08 Å². The summed E-state index contributed by atoms with van der Waals surface area (Å²) >= 11 is 0. The molecule has 0 saturated carbocycles. The Balaban J connectivity index is 0. The molecule has 1 unspecified atom stereocenters. The van der Waals surface area contributed by atoms with Gasteiger partial charge in [-0.2, -0.15) is 0 Å². The molecule has 0 aromatic carbocycles. The molecule has 0 fully saturated rings. The first-order chi connectivity index (χ1) is 3.77. The Morgan fingerprint density at radius 1 is 1.75 bits per heavy atom. The van der Waals surface area contributed by atoms with Crippen molar-refractivity contribution in [3.63, 3.8) is 0 Å². The Morgan fingerprint density at radius 2 is 2.12 bits per heavy atom. The Hall–Kier alpha value is -0.340. The number of aliphatic hydroxyl groups is 1.